The summed E-state index contributed by atoms with van der Waals surface area (Å²) in [5.41, 5.74) is 1.44. The summed E-state index contributed by atoms with van der Waals surface area (Å²) in [7, 11) is 3.16. The van der Waals surface area contributed by atoms with Crippen molar-refractivity contribution in [3.8, 4) is 11.5 Å². The second-order valence-electron chi connectivity index (χ2n) is 6.25. The molecule has 0 radical (unpaired) electrons. The summed E-state index contributed by atoms with van der Waals surface area (Å²) in [5, 5.41) is 9.66. The van der Waals surface area contributed by atoms with Gasteiger partial charge in [-0.15, -0.1) is 0 Å². The monoisotopic (exact) mass is 366 g/mol. The third kappa shape index (κ3) is 2.88. The minimum absolute atomic E-state index is 0.325. The highest BCUT2D eigenvalue weighted by molar-refractivity contribution is 6.25. The summed E-state index contributed by atoms with van der Waals surface area (Å²) in [6, 6.07) is 12.7. The second kappa shape index (κ2) is 6.71. The Hall–Kier alpha value is -3.42. The first-order chi connectivity index (χ1) is 13.1. The molecule has 4 rings (SSSR count). The van der Waals surface area contributed by atoms with Crippen molar-refractivity contribution < 1.29 is 19.1 Å². The highest BCUT2D eigenvalue weighted by Gasteiger charge is 2.54. The molecule has 1 saturated heterocycles. The number of methoxy groups -OCH3 is 2. The average molecular weight is 366 g/mol. The van der Waals surface area contributed by atoms with Crippen LogP contribution in [0.25, 0.3) is 0 Å². The lowest BCUT2D eigenvalue weighted by atomic mass is 10.1. The maximum absolute atomic E-state index is 12.9. The van der Waals surface area contributed by atoms with Gasteiger partial charge in [-0.05, 0) is 42.0 Å². The molecule has 8 nitrogen and oxygen atoms in total. The van der Waals surface area contributed by atoms with Crippen LogP contribution in [0.2, 0.25) is 0 Å². The van der Waals surface area contributed by atoms with Gasteiger partial charge in [0.2, 0.25) is 0 Å². The van der Waals surface area contributed by atoms with E-state index in [9.17, 15) is 9.59 Å². The molecule has 1 fully saturated rings. The molecule has 0 aliphatic carbocycles. The Morgan fingerprint density at radius 1 is 0.889 bits per heavy atom. The van der Waals surface area contributed by atoms with Crippen LogP contribution >= 0.6 is 0 Å². The molecule has 2 aliphatic rings. The van der Waals surface area contributed by atoms with E-state index in [1.54, 1.807) is 43.5 Å². The van der Waals surface area contributed by atoms with Gasteiger partial charge >= 0.3 is 0 Å². The van der Waals surface area contributed by atoms with Crippen LogP contribution in [-0.2, 0) is 16.1 Å². The number of nitrogens with zero attached hydrogens (tertiary/aromatic N) is 4. The van der Waals surface area contributed by atoms with Crippen LogP contribution in [0.4, 0.5) is 5.69 Å². The predicted molar refractivity (Wildman–Crippen MR) is 96.5 cm³/mol. The van der Waals surface area contributed by atoms with E-state index in [0.29, 0.717) is 18.0 Å². The van der Waals surface area contributed by atoms with Crippen molar-refractivity contribution in [1.29, 1.82) is 0 Å². The lowest BCUT2D eigenvalue weighted by molar-refractivity contribution is -0.123. The van der Waals surface area contributed by atoms with Gasteiger partial charge in [0.05, 0.1) is 26.5 Å². The fourth-order valence-corrected chi connectivity index (χ4v) is 3.26. The first-order valence-electron chi connectivity index (χ1n) is 8.44. The van der Waals surface area contributed by atoms with Gasteiger partial charge in [0.1, 0.15) is 11.5 Å². The van der Waals surface area contributed by atoms with E-state index >= 15 is 0 Å². The molecule has 138 valence electrons. The smallest absolute Gasteiger partial charge is 0.263 e. The molecule has 2 amide bonds. The fourth-order valence-electron chi connectivity index (χ4n) is 3.26. The maximum atomic E-state index is 12.9. The van der Waals surface area contributed by atoms with Crippen LogP contribution in [0.5, 0.6) is 11.5 Å². The van der Waals surface area contributed by atoms with Crippen molar-refractivity contribution in [3.05, 3.63) is 54.1 Å². The Kier molecular flexibility index (Phi) is 4.23. The Bertz CT molecular complexity index is 895. The maximum Gasteiger partial charge on any atom is 0.263 e. The van der Waals surface area contributed by atoms with Crippen molar-refractivity contribution >= 4 is 17.5 Å². The number of benzene rings is 2. The number of carbonyl (C=O) groups is 2. The largest absolute Gasteiger partial charge is 0.497 e. The minimum Gasteiger partial charge on any atom is -0.497 e. The van der Waals surface area contributed by atoms with Crippen LogP contribution < -0.4 is 14.4 Å². The Balaban J connectivity index is 1.55. The lowest BCUT2D eigenvalue weighted by Gasteiger charge is -2.20. The topological polar surface area (TPSA) is 83.8 Å². The zero-order valence-electron chi connectivity index (χ0n) is 14.9. The molecule has 2 atom stereocenters. The van der Waals surface area contributed by atoms with E-state index in [0.717, 1.165) is 11.3 Å². The number of hydrogen-bond donors (Lipinski definition) is 0. The SMILES string of the molecule is COc1ccc(CN2N=N[C@H]3C(=O)N(c4ccc(OC)cc4)C(=O)[C@@H]32)cc1. The summed E-state index contributed by atoms with van der Waals surface area (Å²) in [5.74, 6) is 0.709. The molecular formula is C19H18N4O4. The summed E-state index contributed by atoms with van der Waals surface area (Å²) in [4.78, 5) is 26.8. The van der Waals surface area contributed by atoms with Crippen molar-refractivity contribution in [2.24, 2.45) is 10.3 Å². The van der Waals surface area contributed by atoms with Gasteiger partial charge < -0.3 is 9.47 Å². The van der Waals surface area contributed by atoms with Crippen LogP contribution in [0.15, 0.2) is 58.9 Å². The molecule has 0 spiro atoms. The molecule has 2 aromatic rings. The van der Waals surface area contributed by atoms with E-state index in [-0.39, 0.29) is 11.8 Å². The average Bonchev–Trinajstić information content (AvgIpc) is 3.22. The Morgan fingerprint density at radius 2 is 1.48 bits per heavy atom. The number of ether oxygens (including phenoxy) is 2. The zero-order chi connectivity index (χ0) is 19.0. The van der Waals surface area contributed by atoms with E-state index in [4.69, 9.17) is 9.47 Å². The summed E-state index contributed by atoms with van der Waals surface area (Å²) < 4.78 is 10.3. The van der Waals surface area contributed by atoms with Gasteiger partial charge in [-0.1, -0.05) is 17.4 Å². The molecule has 0 N–H and O–H groups in total. The molecule has 0 aromatic heterocycles. The van der Waals surface area contributed by atoms with Gasteiger partial charge in [-0.2, -0.15) is 5.11 Å². The number of amides is 2. The van der Waals surface area contributed by atoms with E-state index < -0.39 is 12.1 Å². The molecule has 2 heterocycles. The number of anilines is 1. The number of hydrogen-bond acceptors (Lipinski definition) is 7. The van der Waals surface area contributed by atoms with Gasteiger partial charge in [-0.3, -0.25) is 14.6 Å². The van der Waals surface area contributed by atoms with Crippen molar-refractivity contribution in [1.82, 2.24) is 5.01 Å². The fraction of sp³-hybridized carbons (Fsp3) is 0.263. The molecule has 27 heavy (non-hydrogen) atoms. The third-order valence-corrected chi connectivity index (χ3v) is 4.69. The Labute approximate surface area is 156 Å². The molecule has 0 bridgehead atoms. The van der Waals surface area contributed by atoms with Crippen LogP contribution in [0.3, 0.4) is 0 Å². The van der Waals surface area contributed by atoms with E-state index in [1.807, 2.05) is 24.3 Å². The number of rotatable bonds is 5. The van der Waals surface area contributed by atoms with Crippen LogP contribution in [0.1, 0.15) is 5.56 Å². The predicted octanol–water partition coefficient (Wildman–Crippen LogP) is 2.20. The van der Waals surface area contributed by atoms with Crippen LogP contribution in [0, 0.1) is 0 Å². The van der Waals surface area contributed by atoms with E-state index in [1.165, 1.54) is 4.90 Å². The first kappa shape index (κ1) is 17.0. The molecular weight excluding hydrogens is 348 g/mol. The highest BCUT2D eigenvalue weighted by Crippen LogP contribution is 2.33. The molecule has 0 saturated carbocycles. The minimum atomic E-state index is -0.808. The summed E-state index contributed by atoms with van der Waals surface area (Å²) >= 11 is 0. The summed E-state index contributed by atoms with van der Waals surface area (Å²) in [6.07, 6.45) is 0. The number of imide groups is 1. The lowest BCUT2D eigenvalue weighted by Crippen LogP contribution is -2.39. The van der Waals surface area contributed by atoms with Gasteiger partial charge in [0, 0.05) is 0 Å². The van der Waals surface area contributed by atoms with Crippen molar-refractivity contribution in [3.63, 3.8) is 0 Å². The normalized spacial score (nSPS) is 21.0. The molecule has 8 heteroatoms. The standard InChI is InChI=1S/C19H18N4O4/c1-26-14-7-3-12(4-8-14)11-22-17-16(20-21-22)18(24)23(19(17)25)13-5-9-15(27-2)10-6-13/h3-10,16-17H,11H2,1-2H3/t16-,17-/m1/s1. The molecule has 2 aliphatic heterocycles. The van der Waals surface area contributed by atoms with E-state index in [2.05, 4.69) is 10.3 Å². The van der Waals surface area contributed by atoms with Gasteiger partial charge in [-0.25, -0.2) is 4.90 Å². The third-order valence-electron chi connectivity index (χ3n) is 4.69. The van der Waals surface area contributed by atoms with Crippen molar-refractivity contribution in [2.75, 3.05) is 19.1 Å². The number of fused-ring (bicyclic) bond motifs is 1. The highest BCUT2D eigenvalue weighted by atomic mass is 16.5. The quantitative estimate of drug-likeness (QED) is 0.758. The second-order valence-corrected chi connectivity index (χ2v) is 6.25. The Morgan fingerprint density at radius 3 is 2.07 bits per heavy atom. The van der Waals surface area contributed by atoms with Crippen molar-refractivity contribution in [2.45, 2.75) is 18.6 Å². The summed E-state index contributed by atoms with van der Waals surface area (Å²) in [6.45, 7) is 0.379. The molecule has 0 unspecified atom stereocenters. The van der Waals surface area contributed by atoms with Gasteiger partial charge in [0.15, 0.2) is 12.1 Å². The van der Waals surface area contributed by atoms with Gasteiger partial charge in [0.25, 0.3) is 11.8 Å². The molecule has 2 aromatic carbocycles. The van der Waals surface area contributed by atoms with Crippen LogP contribution in [-0.4, -0.2) is 43.1 Å². The zero-order valence-corrected chi connectivity index (χ0v) is 14.9. The number of carbonyl (C=O) groups excluding carboxylic acids is 2. The first-order valence-corrected chi connectivity index (χ1v) is 8.44.